The van der Waals surface area contributed by atoms with Crippen LogP contribution in [0.15, 0.2) is 42.5 Å². The fourth-order valence-corrected chi connectivity index (χ4v) is 2.68. The summed E-state index contributed by atoms with van der Waals surface area (Å²) < 4.78 is 5.86. The maximum atomic E-state index is 12.5. The second-order valence-electron chi connectivity index (χ2n) is 5.41. The number of unbranched alkanes of at least 4 members (excludes halogenated alkanes) is 1. The number of ketones is 1. The number of benzene rings is 2. The van der Waals surface area contributed by atoms with Crippen molar-refractivity contribution >= 4 is 18.4 Å². The first-order valence-corrected chi connectivity index (χ1v) is 8.21. The fraction of sp³-hybridized carbons (Fsp3) is 0.316. The number of thiol groups is 1. The summed E-state index contributed by atoms with van der Waals surface area (Å²) >= 11 is 4.20. The number of hydrogen-bond acceptors (Lipinski definition) is 3. The van der Waals surface area contributed by atoms with Gasteiger partial charge < -0.3 is 4.74 Å². The number of carbonyl (C=O) groups excluding carboxylic acids is 1. The monoisotopic (exact) mass is 314 g/mol. The highest BCUT2D eigenvalue weighted by Crippen LogP contribution is 2.26. The highest BCUT2D eigenvalue weighted by atomic mass is 32.1. The van der Waals surface area contributed by atoms with Gasteiger partial charge in [-0.2, -0.15) is 12.6 Å². The molecule has 0 spiro atoms. The van der Waals surface area contributed by atoms with E-state index in [4.69, 9.17) is 4.74 Å². The van der Waals surface area contributed by atoms with Crippen LogP contribution in [-0.4, -0.2) is 18.1 Å². The van der Waals surface area contributed by atoms with Gasteiger partial charge in [0.25, 0.3) is 0 Å². The Hall–Kier alpha value is -1.74. The quantitative estimate of drug-likeness (QED) is 0.458. The Kier molecular flexibility index (Phi) is 6.08. The van der Waals surface area contributed by atoms with Crippen molar-refractivity contribution in [1.82, 2.24) is 0 Å². The molecule has 22 heavy (non-hydrogen) atoms. The Morgan fingerprint density at radius 2 is 1.64 bits per heavy atom. The van der Waals surface area contributed by atoms with Gasteiger partial charge in [-0.25, -0.2) is 0 Å². The molecule has 0 radical (unpaired) electrons. The molecule has 116 valence electrons. The zero-order chi connectivity index (χ0) is 15.9. The van der Waals surface area contributed by atoms with Crippen molar-refractivity contribution in [2.75, 3.05) is 12.4 Å². The first-order valence-electron chi connectivity index (χ1n) is 7.58. The summed E-state index contributed by atoms with van der Waals surface area (Å²) in [6, 6.07) is 13.2. The van der Waals surface area contributed by atoms with Gasteiger partial charge in [0.05, 0.1) is 6.61 Å². The maximum Gasteiger partial charge on any atom is 0.193 e. The minimum absolute atomic E-state index is 0.0495. The van der Waals surface area contributed by atoms with Gasteiger partial charge in [0, 0.05) is 11.1 Å². The molecule has 0 unspecified atom stereocenters. The third kappa shape index (κ3) is 4.14. The van der Waals surface area contributed by atoms with Crippen LogP contribution in [0.2, 0.25) is 0 Å². The predicted molar refractivity (Wildman–Crippen MR) is 94.4 cm³/mol. The van der Waals surface area contributed by atoms with Crippen LogP contribution in [0.4, 0.5) is 0 Å². The van der Waals surface area contributed by atoms with Crippen LogP contribution in [0, 0.1) is 13.8 Å². The summed E-state index contributed by atoms with van der Waals surface area (Å²) in [7, 11) is 0. The maximum absolute atomic E-state index is 12.5. The first-order chi connectivity index (χ1) is 10.6. The van der Waals surface area contributed by atoms with Crippen LogP contribution in [0.1, 0.15) is 39.9 Å². The summed E-state index contributed by atoms with van der Waals surface area (Å²) in [4.78, 5) is 12.5. The zero-order valence-corrected chi connectivity index (χ0v) is 14.0. The summed E-state index contributed by atoms with van der Waals surface area (Å²) in [6.45, 7) is 4.67. The molecular weight excluding hydrogens is 292 g/mol. The van der Waals surface area contributed by atoms with Gasteiger partial charge in [0.1, 0.15) is 5.75 Å². The molecule has 2 aromatic carbocycles. The molecule has 2 rings (SSSR count). The van der Waals surface area contributed by atoms with E-state index in [0.29, 0.717) is 17.7 Å². The van der Waals surface area contributed by atoms with E-state index >= 15 is 0 Å². The van der Waals surface area contributed by atoms with Crippen molar-refractivity contribution in [1.29, 1.82) is 0 Å². The molecule has 0 fully saturated rings. The van der Waals surface area contributed by atoms with Gasteiger partial charge in [0.15, 0.2) is 5.78 Å². The third-order valence-electron chi connectivity index (χ3n) is 3.56. The number of hydrogen-bond donors (Lipinski definition) is 1. The molecule has 0 bridgehead atoms. The standard InChI is InChI=1S/C19H22O2S/c1-14-12-17(18(20)16-8-4-3-5-9-16)13-15(2)19(14)21-10-6-7-11-22/h3-5,8-9,12-13,22H,6-7,10-11H2,1-2H3. The van der Waals surface area contributed by atoms with Gasteiger partial charge in [0.2, 0.25) is 0 Å². The lowest BCUT2D eigenvalue weighted by molar-refractivity contribution is 0.103. The van der Waals surface area contributed by atoms with E-state index in [-0.39, 0.29) is 5.78 Å². The molecule has 0 aliphatic rings. The Labute approximate surface area is 137 Å². The van der Waals surface area contributed by atoms with Crippen molar-refractivity contribution in [2.24, 2.45) is 0 Å². The second-order valence-corrected chi connectivity index (χ2v) is 5.86. The van der Waals surface area contributed by atoms with Crippen LogP contribution in [-0.2, 0) is 0 Å². The molecule has 0 atom stereocenters. The van der Waals surface area contributed by atoms with Crippen molar-refractivity contribution in [2.45, 2.75) is 26.7 Å². The number of carbonyl (C=O) groups is 1. The van der Waals surface area contributed by atoms with E-state index in [1.54, 1.807) is 0 Å². The molecule has 0 amide bonds. The zero-order valence-electron chi connectivity index (χ0n) is 13.1. The van der Waals surface area contributed by atoms with Gasteiger partial charge >= 0.3 is 0 Å². The largest absolute Gasteiger partial charge is 0.493 e. The van der Waals surface area contributed by atoms with E-state index in [1.807, 2.05) is 56.3 Å². The smallest absolute Gasteiger partial charge is 0.193 e. The van der Waals surface area contributed by atoms with Crippen molar-refractivity contribution in [3.8, 4) is 5.75 Å². The van der Waals surface area contributed by atoms with Gasteiger partial charge in [-0.3, -0.25) is 4.79 Å². The number of ether oxygens (including phenoxy) is 1. The molecule has 2 nitrogen and oxygen atoms in total. The van der Waals surface area contributed by atoms with E-state index in [0.717, 1.165) is 35.5 Å². The molecule has 0 aromatic heterocycles. The number of rotatable bonds is 7. The topological polar surface area (TPSA) is 26.3 Å². The lowest BCUT2D eigenvalue weighted by Crippen LogP contribution is -2.05. The fourth-order valence-electron chi connectivity index (χ4n) is 2.45. The summed E-state index contributed by atoms with van der Waals surface area (Å²) in [5.74, 6) is 1.82. The Balaban J connectivity index is 2.17. The van der Waals surface area contributed by atoms with Crippen LogP contribution in [0.3, 0.4) is 0 Å². The average Bonchev–Trinajstić information content (AvgIpc) is 2.53. The van der Waals surface area contributed by atoms with Crippen LogP contribution < -0.4 is 4.74 Å². The first kappa shape index (κ1) is 16.6. The van der Waals surface area contributed by atoms with E-state index in [1.165, 1.54) is 0 Å². The lowest BCUT2D eigenvalue weighted by atomic mass is 9.98. The Bertz CT molecular complexity index is 612. The third-order valence-corrected chi connectivity index (χ3v) is 3.87. The second kappa shape index (κ2) is 8.04. The van der Waals surface area contributed by atoms with E-state index in [9.17, 15) is 4.79 Å². The van der Waals surface area contributed by atoms with Crippen molar-refractivity contribution in [3.63, 3.8) is 0 Å². The predicted octanol–water partition coefficient (Wildman–Crippen LogP) is 4.62. The Morgan fingerprint density at radius 3 is 2.23 bits per heavy atom. The summed E-state index contributed by atoms with van der Waals surface area (Å²) in [6.07, 6.45) is 2.04. The normalized spacial score (nSPS) is 10.5. The molecule has 2 aromatic rings. The molecule has 0 aliphatic heterocycles. The minimum atomic E-state index is 0.0495. The summed E-state index contributed by atoms with van der Waals surface area (Å²) in [5, 5.41) is 0. The van der Waals surface area contributed by atoms with Gasteiger partial charge in [-0.15, -0.1) is 0 Å². The Morgan fingerprint density at radius 1 is 1.00 bits per heavy atom. The SMILES string of the molecule is Cc1cc(C(=O)c2ccccc2)cc(C)c1OCCCCS. The van der Waals surface area contributed by atoms with Crippen LogP contribution in [0.25, 0.3) is 0 Å². The van der Waals surface area contributed by atoms with E-state index < -0.39 is 0 Å². The van der Waals surface area contributed by atoms with Crippen molar-refractivity contribution < 1.29 is 9.53 Å². The molecule has 3 heteroatoms. The highest BCUT2D eigenvalue weighted by molar-refractivity contribution is 7.80. The van der Waals surface area contributed by atoms with Crippen LogP contribution >= 0.6 is 12.6 Å². The summed E-state index contributed by atoms with van der Waals surface area (Å²) in [5.41, 5.74) is 3.43. The lowest BCUT2D eigenvalue weighted by Gasteiger charge is -2.14. The molecule has 0 saturated heterocycles. The minimum Gasteiger partial charge on any atom is -0.493 e. The van der Waals surface area contributed by atoms with Gasteiger partial charge in [-0.1, -0.05) is 30.3 Å². The number of aryl methyl sites for hydroxylation is 2. The highest BCUT2D eigenvalue weighted by Gasteiger charge is 2.13. The van der Waals surface area contributed by atoms with Crippen molar-refractivity contribution in [3.05, 3.63) is 64.7 Å². The molecule has 0 N–H and O–H groups in total. The molecule has 0 saturated carbocycles. The average molecular weight is 314 g/mol. The molecular formula is C19H22O2S. The van der Waals surface area contributed by atoms with Gasteiger partial charge in [-0.05, 0) is 55.7 Å². The molecule has 0 heterocycles. The van der Waals surface area contributed by atoms with Crippen LogP contribution in [0.5, 0.6) is 5.75 Å². The van der Waals surface area contributed by atoms with E-state index in [2.05, 4.69) is 12.6 Å². The molecule has 0 aliphatic carbocycles.